The van der Waals surface area contributed by atoms with E-state index in [4.69, 9.17) is 17.3 Å². The maximum atomic E-state index is 13.9. The van der Waals surface area contributed by atoms with Crippen LogP contribution >= 0.6 is 11.6 Å². The van der Waals surface area contributed by atoms with Gasteiger partial charge in [0.05, 0.1) is 27.7 Å². The van der Waals surface area contributed by atoms with Gasteiger partial charge in [0.1, 0.15) is 11.6 Å². The minimum Gasteiger partial charge on any atom is -0.322 e. The van der Waals surface area contributed by atoms with Gasteiger partial charge in [0.15, 0.2) is 0 Å². The van der Waals surface area contributed by atoms with E-state index < -0.39 is 11.9 Å². The van der Waals surface area contributed by atoms with Gasteiger partial charge in [-0.3, -0.25) is 9.36 Å². The SMILES string of the molecule is Cc1c(F)cccc1-n1c(C(C)N)nc2cccc(Cl)c2c1=O. The van der Waals surface area contributed by atoms with E-state index in [2.05, 4.69) is 4.98 Å². The normalized spacial score (nSPS) is 12.6. The molecule has 0 aliphatic rings. The molecule has 0 fully saturated rings. The van der Waals surface area contributed by atoms with E-state index in [1.165, 1.54) is 10.6 Å². The molecule has 6 heteroatoms. The van der Waals surface area contributed by atoms with Crippen molar-refractivity contribution in [3.8, 4) is 5.69 Å². The molecule has 1 atom stereocenters. The number of halogens is 2. The van der Waals surface area contributed by atoms with Gasteiger partial charge in [-0.25, -0.2) is 9.37 Å². The molecular formula is C17H15ClFN3O. The number of hydrogen-bond donors (Lipinski definition) is 1. The Bertz CT molecular complexity index is 966. The Morgan fingerprint density at radius 1 is 1.26 bits per heavy atom. The largest absolute Gasteiger partial charge is 0.322 e. The molecule has 23 heavy (non-hydrogen) atoms. The molecule has 0 aliphatic carbocycles. The Hall–Kier alpha value is -2.24. The third-order valence-electron chi connectivity index (χ3n) is 3.76. The minimum atomic E-state index is -0.506. The van der Waals surface area contributed by atoms with Crippen molar-refractivity contribution >= 4 is 22.5 Å². The Kier molecular flexibility index (Phi) is 3.92. The lowest BCUT2D eigenvalue weighted by Gasteiger charge is -2.18. The molecular weight excluding hydrogens is 317 g/mol. The lowest BCUT2D eigenvalue weighted by molar-refractivity contribution is 0.613. The highest BCUT2D eigenvalue weighted by Crippen LogP contribution is 2.24. The number of rotatable bonds is 2. The highest BCUT2D eigenvalue weighted by molar-refractivity contribution is 6.35. The molecule has 0 saturated heterocycles. The molecule has 3 rings (SSSR count). The second-order valence-electron chi connectivity index (χ2n) is 5.42. The summed E-state index contributed by atoms with van der Waals surface area (Å²) in [7, 11) is 0. The Labute approximate surface area is 137 Å². The summed E-state index contributed by atoms with van der Waals surface area (Å²) in [5.74, 6) is -0.0391. The molecule has 0 aliphatic heterocycles. The van der Waals surface area contributed by atoms with Crippen molar-refractivity contribution in [2.24, 2.45) is 5.73 Å². The summed E-state index contributed by atoms with van der Waals surface area (Å²) in [6, 6.07) is 9.10. The molecule has 0 saturated carbocycles. The number of aromatic nitrogens is 2. The maximum Gasteiger partial charge on any atom is 0.267 e. The Balaban J connectivity index is 2.51. The topological polar surface area (TPSA) is 60.9 Å². The first-order chi connectivity index (χ1) is 10.9. The van der Waals surface area contributed by atoms with Crippen LogP contribution in [-0.4, -0.2) is 9.55 Å². The van der Waals surface area contributed by atoms with Crippen LogP contribution in [0.1, 0.15) is 24.4 Å². The van der Waals surface area contributed by atoms with Crippen LogP contribution in [0.15, 0.2) is 41.2 Å². The van der Waals surface area contributed by atoms with Crippen molar-refractivity contribution < 1.29 is 4.39 Å². The Morgan fingerprint density at radius 3 is 2.65 bits per heavy atom. The predicted octanol–water partition coefficient (Wildman–Crippen LogP) is 3.51. The van der Waals surface area contributed by atoms with Gasteiger partial charge in [-0.1, -0.05) is 23.7 Å². The van der Waals surface area contributed by atoms with Crippen LogP contribution in [0.25, 0.3) is 16.6 Å². The second kappa shape index (κ2) is 5.76. The standard InChI is InChI=1S/C17H15ClFN3O/c1-9-12(19)6-4-8-14(9)22-16(10(2)20)21-13-7-3-5-11(18)15(13)17(22)23/h3-8,10H,20H2,1-2H3. The average Bonchev–Trinajstić information content (AvgIpc) is 2.50. The first kappa shape index (κ1) is 15.6. The van der Waals surface area contributed by atoms with E-state index in [9.17, 15) is 9.18 Å². The van der Waals surface area contributed by atoms with E-state index in [1.807, 2.05) is 0 Å². The summed E-state index contributed by atoms with van der Waals surface area (Å²) in [4.78, 5) is 17.5. The zero-order valence-electron chi connectivity index (χ0n) is 12.7. The van der Waals surface area contributed by atoms with E-state index in [-0.39, 0.29) is 5.56 Å². The smallest absolute Gasteiger partial charge is 0.267 e. The van der Waals surface area contributed by atoms with Crippen molar-refractivity contribution in [3.63, 3.8) is 0 Å². The zero-order chi connectivity index (χ0) is 16.7. The van der Waals surface area contributed by atoms with Gasteiger partial charge in [-0.05, 0) is 38.1 Å². The highest BCUT2D eigenvalue weighted by Gasteiger charge is 2.19. The maximum absolute atomic E-state index is 13.9. The van der Waals surface area contributed by atoms with Crippen LogP contribution in [0.4, 0.5) is 4.39 Å². The van der Waals surface area contributed by atoms with Crippen LogP contribution in [0, 0.1) is 12.7 Å². The third-order valence-corrected chi connectivity index (χ3v) is 4.07. The van der Waals surface area contributed by atoms with E-state index in [0.29, 0.717) is 33.0 Å². The number of benzene rings is 2. The highest BCUT2D eigenvalue weighted by atomic mass is 35.5. The molecule has 4 nitrogen and oxygen atoms in total. The fourth-order valence-corrected chi connectivity index (χ4v) is 2.83. The summed E-state index contributed by atoms with van der Waals surface area (Å²) < 4.78 is 15.3. The number of nitrogens with zero attached hydrogens (tertiary/aromatic N) is 2. The van der Waals surface area contributed by atoms with Gasteiger partial charge >= 0.3 is 0 Å². The van der Waals surface area contributed by atoms with Crippen molar-refractivity contribution in [3.05, 3.63) is 69.0 Å². The van der Waals surface area contributed by atoms with Gasteiger partial charge in [-0.2, -0.15) is 0 Å². The average molecular weight is 332 g/mol. The number of fused-ring (bicyclic) bond motifs is 1. The van der Waals surface area contributed by atoms with E-state index in [1.54, 1.807) is 44.2 Å². The fourth-order valence-electron chi connectivity index (χ4n) is 2.58. The quantitative estimate of drug-likeness (QED) is 0.781. The van der Waals surface area contributed by atoms with Crippen LogP contribution in [0.5, 0.6) is 0 Å². The van der Waals surface area contributed by atoms with Gasteiger partial charge in [0.2, 0.25) is 0 Å². The van der Waals surface area contributed by atoms with Crippen LogP contribution in [0.2, 0.25) is 5.02 Å². The minimum absolute atomic E-state index is 0.294. The summed E-state index contributed by atoms with van der Waals surface area (Å²) in [6.45, 7) is 3.34. The van der Waals surface area contributed by atoms with Crippen LogP contribution in [0.3, 0.4) is 0 Å². The van der Waals surface area contributed by atoms with Crippen molar-refractivity contribution in [2.75, 3.05) is 0 Å². The first-order valence-electron chi connectivity index (χ1n) is 7.14. The number of hydrogen-bond acceptors (Lipinski definition) is 3. The lowest BCUT2D eigenvalue weighted by Crippen LogP contribution is -2.28. The number of nitrogens with two attached hydrogens (primary N) is 1. The van der Waals surface area contributed by atoms with Gasteiger partial charge in [0.25, 0.3) is 5.56 Å². The molecule has 0 radical (unpaired) electrons. The predicted molar refractivity (Wildman–Crippen MR) is 89.6 cm³/mol. The monoisotopic (exact) mass is 331 g/mol. The molecule has 1 heterocycles. The summed E-state index contributed by atoms with van der Waals surface area (Å²) in [5, 5.41) is 0.598. The molecule has 118 valence electrons. The molecule has 0 bridgehead atoms. The molecule has 2 aromatic carbocycles. The molecule has 1 unspecified atom stereocenters. The Morgan fingerprint density at radius 2 is 1.96 bits per heavy atom. The second-order valence-corrected chi connectivity index (χ2v) is 5.82. The van der Waals surface area contributed by atoms with Crippen LogP contribution in [-0.2, 0) is 0 Å². The van der Waals surface area contributed by atoms with Crippen molar-refractivity contribution in [1.82, 2.24) is 9.55 Å². The molecule has 0 spiro atoms. The summed E-state index contributed by atoms with van der Waals surface area (Å²) in [5.41, 5.74) is 6.87. The molecule has 0 amide bonds. The van der Waals surface area contributed by atoms with Gasteiger partial charge < -0.3 is 5.73 Å². The molecule has 2 N–H and O–H groups in total. The van der Waals surface area contributed by atoms with E-state index in [0.717, 1.165) is 0 Å². The first-order valence-corrected chi connectivity index (χ1v) is 7.52. The molecule has 3 aromatic rings. The van der Waals surface area contributed by atoms with Crippen molar-refractivity contribution in [1.29, 1.82) is 0 Å². The van der Waals surface area contributed by atoms with Gasteiger partial charge in [0, 0.05) is 5.56 Å². The summed E-state index contributed by atoms with van der Waals surface area (Å²) in [6.07, 6.45) is 0. The third kappa shape index (κ3) is 2.52. The van der Waals surface area contributed by atoms with Gasteiger partial charge in [-0.15, -0.1) is 0 Å². The summed E-state index contributed by atoms with van der Waals surface area (Å²) >= 11 is 6.17. The van der Waals surface area contributed by atoms with Crippen molar-refractivity contribution in [2.45, 2.75) is 19.9 Å². The lowest BCUT2D eigenvalue weighted by atomic mass is 10.1. The van der Waals surface area contributed by atoms with Crippen LogP contribution < -0.4 is 11.3 Å². The molecule has 1 aromatic heterocycles. The zero-order valence-corrected chi connectivity index (χ0v) is 13.4. The van der Waals surface area contributed by atoms with E-state index >= 15 is 0 Å². The fraction of sp³-hybridized carbons (Fsp3) is 0.176.